The van der Waals surface area contributed by atoms with Gasteiger partial charge >= 0.3 is 11.9 Å². The molecule has 1 atom stereocenters. The van der Waals surface area contributed by atoms with E-state index in [1.807, 2.05) is 0 Å². The number of carboxylic acids is 2. The third kappa shape index (κ3) is 3.30. The summed E-state index contributed by atoms with van der Waals surface area (Å²) in [5.74, 6) is -2.26. The second-order valence-corrected chi connectivity index (χ2v) is 4.00. The van der Waals surface area contributed by atoms with Crippen LogP contribution in [0, 0.1) is 0 Å². The van der Waals surface area contributed by atoms with Crippen LogP contribution in [-0.2, 0) is 9.59 Å². The lowest BCUT2D eigenvalue weighted by atomic mass is 10.0. The lowest BCUT2D eigenvalue weighted by molar-refractivity contribution is -0.144. The van der Waals surface area contributed by atoms with E-state index in [1.165, 1.54) is 20.8 Å². The predicted octanol–water partition coefficient (Wildman–Crippen LogP) is 1.56. The SMILES string of the molecule is CCC(C)(/N=N/C(C)(C)C(=O)O)C(=O)O. The lowest BCUT2D eigenvalue weighted by Gasteiger charge is -2.19. The maximum atomic E-state index is 10.8. The van der Waals surface area contributed by atoms with Gasteiger partial charge in [0.1, 0.15) is 0 Å². The van der Waals surface area contributed by atoms with Crippen LogP contribution in [0.4, 0.5) is 0 Å². The summed E-state index contributed by atoms with van der Waals surface area (Å²) in [5.41, 5.74) is -2.75. The number of azo groups is 1. The van der Waals surface area contributed by atoms with Crippen molar-refractivity contribution in [2.24, 2.45) is 10.2 Å². The zero-order chi connectivity index (χ0) is 12.3. The van der Waals surface area contributed by atoms with Crippen molar-refractivity contribution < 1.29 is 19.8 Å². The molecule has 0 spiro atoms. The van der Waals surface area contributed by atoms with E-state index < -0.39 is 23.0 Å². The summed E-state index contributed by atoms with van der Waals surface area (Å²) in [6.07, 6.45) is 0.252. The molecule has 2 N–H and O–H groups in total. The number of rotatable bonds is 5. The van der Waals surface area contributed by atoms with Crippen LogP contribution in [0.3, 0.4) is 0 Å². The van der Waals surface area contributed by atoms with E-state index in [4.69, 9.17) is 10.2 Å². The second-order valence-electron chi connectivity index (χ2n) is 4.00. The van der Waals surface area contributed by atoms with Gasteiger partial charge in [-0.3, -0.25) is 0 Å². The highest BCUT2D eigenvalue weighted by molar-refractivity contribution is 5.79. The van der Waals surface area contributed by atoms with Crippen molar-refractivity contribution in [2.75, 3.05) is 0 Å². The van der Waals surface area contributed by atoms with E-state index in [-0.39, 0.29) is 6.42 Å². The molecule has 0 aliphatic carbocycles. The van der Waals surface area contributed by atoms with Crippen LogP contribution in [-0.4, -0.2) is 33.2 Å². The molecule has 0 heterocycles. The van der Waals surface area contributed by atoms with Crippen LogP contribution < -0.4 is 0 Å². The fourth-order valence-corrected chi connectivity index (χ4v) is 0.543. The van der Waals surface area contributed by atoms with Gasteiger partial charge in [0.25, 0.3) is 0 Å². The number of carbonyl (C=O) groups is 2. The fraction of sp³-hybridized carbons (Fsp3) is 0.778. The molecule has 6 heteroatoms. The average Bonchev–Trinajstić information content (AvgIpc) is 2.13. The van der Waals surface area contributed by atoms with Crippen molar-refractivity contribution in [3.8, 4) is 0 Å². The number of hydrogen-bond acceptors (Lipinski definition) is 4. The van der Waals surface area contributed by atoms with E-state index in [0.717, 1.165) is 0 Å². The number of aliphatic carboxylic acids is 2. The maximum Gasteiger partial charge on any atom is 0.333 e. The van der Waals surface area contributed by atoms with Crippen molar-refractivity contribution in [2.45, 2.75) is 45.2 Å². The van der Waals surface area contributed by atoms with Crippen LogP contribution in [0.2, 0.25) is 0 Å². The van der Waals surface area contributed by atoms with Crippen LogP contribution in [0.1, 0.15) is 34.1 Å². The molecule has 0 fully saturated rings. The summed E-state index contributed by atoms with van der Waals surface area (Å²) in [7, 11) is 0. The zero-order valence-corrected chi connectivity index (χ0v) is 9.31. The summed E-state index contributed by atoms with van der Waals surface area (Å²) >= 11 is 0. The minimum absolute atomic E-state index is 0.252. The summed E-state index contributed by atoms with van der Waals surface area (Å²) in [6.45, 7) is 5.77. The topological polar surface area (TPSA) is 99.3 Å². The van der Waals surface area contributed by atoms with Gasteiger partial charge in [0.15, 0.2) is 11.1 Å². The summed E-state index contributed by atoms with van der Waals surface area (Å²) in [4.78, 5) is 21.5. The van der Waals surface area contributed by atoms with E-state index in [1.54, 1.807) is 6.92 Å². The number of nitrogens with zero attached hydrogens (tertiary/aromatic N) is 2. The van der Waals surface area contributed by atoms with Gasteiger partial charge in [-0.1, -0.05) is 6.92 Å². The highest BCUT2D eigenvalue weighted by Gasteiger charge is 2.34. The molecule has 0 aliphatic heterocycles. The highest BCUT2D eigenvalue weighted by atomic mass is 16.4. The molecule has 0 aromatic rings. The van der Waals surface area contributed by atoms with Crippen molar-refractivity contribution in [1.29, 1.82) is 0 Å². The number of carboxylic acid groups (broad SMARTS) is 2. The van der Waals surface area contributed by atoms with Gasteiger partial charge in [-0.05, 0) is 27.2 Å². The van der Waals surface area contributed by atoms with Crippen molar-refractivity contribution in [1.82, 2.24) is 0 Å². The standard InChI is InChI=1S/C9H16N2O4/c1-5-9(4,7(14)15)11-10-8(2,3)6(12)13/h5H2,1-4H3,(H,12,13)(H,14,15)/b11-10+. The normalized spacial score (nSPS) is 16.3. The first-order valence-electron chi connectivity index (χ1n) is 4.56. The quantitative estimate of drug-likeness (QED) is 0.681. The molecule has 86 valence electrons. The first-order valence-corrected chi connectivity index (χ1v) is 4.56. The Balaban J connectivity index is 4.92. The largest absolute Gasteiger partial charge is 0.479 e. The van der Waals surface area contributed by atoms with Crippen molar-refractivity contribution in [3.63, 3.8) is 0 Å². The molecule has 0 bridgehead atoms. The van der Waals surface area contributed by atoms with Crippen LogP contribution in [0.15, 0.2) is 10.2 Å². The molecule has 0 saturated carbocycles. The van der Waals surface area contributed by atoms with E-state index in [9.17, 15) is 9.59 Å². The van der Waals surface area contributed by atoms with Crippen LogP contribution in [0.25, 0.3) is 0 Å². The van der Waals surface area contributed by atoms with Gasteiger partial charge in [-0.25, -0.2) is 9.59 Å². The first-order chi connectivity index (χ1) is 6.65. The van der Waals surface area contributed by atoms with Gasteiger partial charge in [0.2, 0.25) is 0 Å². The Bertz CT molecular complexity index is 298. The monoisotopic (exact) mass is 216 g/mol. The smallest absolute Gasteiger partial charge is 0.333 e. The molecule has 0 aliphatic rings. The number of hydrogen-bond donors (Lipinski definition) is 2. The van der Waals surface area contributed by atoms with Gasteiger partial charge < -0.3 is 10.2 Å². The van der Waals surface area contributed by atoms with E-state index in [2.05, 4.69) is 10.2 Å². The minimum Gasteiger partial charge on any atom is -0.479 e. The third-order valence-electron chi connectivity index (χ3n) is 2.19. The molecule has 0 radical (unpaired) electrons. The Hall–Kier alpha value is -1.46. The molecule has 0 saturated heterocycles. The Morgan fingerprint density at radius 2 is 1.53 bits per heavy atom. The molecule has 0 aromatic heterocycles. The Morgan fingerprint density at radius 1 is 1.07 bits per heavy atom. The first kappa shape index (κ1) is 13.5. The molecular weight excluding hydrogens is 200 g/mol. The minimum atomic E-state index is -1.40. The van der Waals surface area contributed by atoms with Crippen LogP contribution >= 0.6 is 0 Å². The van der Waals surface area contributed by atoms with Gasteiger partial charge in [-0.2, -0.15) is 10.2 Å². The summed E-state index contributed by atoms with van der Waals surface area (Å²) < 4.78 is 0. The third-order valence-corrected chi connectivity index (χ3v) is 2.19. The molecule has 0 rings (SSSR count). The van der Waals surface area contributed by atoms with Crippen molar-refractivity contribution in [3.05, 3.63) is 0 Å². The molecular formula is C9H16N2O4. The lowest BCUT2D eigenvalue weighted by Crippen LogP contribution is -2.34. The molecule has 0 aromatic carbocycles. The summed E-state index contributed by atoms with van der Waals surface area (Å²) in [5, 5.41) is 24.8. The maximum absolute atomic E-state index is 10.8. The second kappa shape index (κ2) is 4.37. The Kier molecular flexibility index (Phi) is 3.95. The van der Waals surface area contributed by atoms with Gasteiger partial charge in [0.05, 0.1) is 0 Å². The van der Waals surface area contributed by atoms with E-state index >= 15 is 0 Å². The molecule has 1 unspecified atom stereocenters. The predicted molar refractivity (Wildman–Crippen MR) is 52.9 cm³/mol. The van der Waals surface area contributed by atoms with Gasteiger partial charge in [-0.15, -0.1) is 0 Å². The van der Waals surface area contributed by atoms with Crippen LogP contribution in [0.5, 0.6) is 0 Å². The zero-order valence-electron chi connectivity index (χ0n) is 9.31. The molecule has 0 amide bonds. The average molecular weight is 216 g/mol. The molecule has 15 heavy (non-hydrogen) atoms. The van der Waals surface area contributed by atoms with Gasteiger partial charge in [0, 0.05) is 0 Å². The molecule has 6 nitrogen and oxygen atoms in total. The Morgan fingerprint density at radius 3 is 1.80 bits per heavy atom. The fourth-order valence-electron chi connectivity index (χ4n) is 0.543. The highest BCUT2D eigenvalue weighted by Crippen LogP contribution is 2.19. The summed E-state index contributed by atoms with van der Waals surface area (Å²) in [6, 6.07) is 0. The Labute approximate surface area is 88.0 Å². The van der Waals surface area contributed by atoms with Crippen molar-refractivity contribution >= 4 is 11.9 Å². The van der Waals surface area contributed by atoms with E-state index in [0.29, 0.717) is 0 Å².